The number of hydrogen-bond donors (Lipinski definition) is 2. The van der Waals surface area contributed by atoms with Crippen LogP contribution in [0.3, 0.4) is 0 Å². The first-order valence-electron chi connectivity index (χ1n) is 5.95. The Morgan fingerprint density at radius 1 is 1.29 bits per heavy atom. The molecule has 2 aliphatic carbocycles. The molecule has 1 amide bonds. The maximum absolute atomic E-state index is 11.8. The van der Waals surface area contributed by atoms with Crippen molar-refractivity contribution < 1.29 is 18.0 Å². The Bertz CT molecular complexity index is 296. The molecule has 0 spiro atoms. The Morgan fingerprint density at radius 2 is 1.94 bits per heavy atom. The lowest BCUT2D eigenvalue weighted by Gasteiger charge is -2.15. The van der Waals surface area contributed by atoms with Crippen LogP contribution in [0, 0.1) is 11.3 Å². The van der Waals surface area contributed by atoms with Gasteiger partial charge in [-0.25, -0.2) is 0 Å². The van der Waals surface area contributed by atoms with Gasteiger partial charge >= 0.3 is 6.18 Å². The van der Waals surface area contributed by atoms with E-state index >= 15 is 0 Å². The molecule has 0 bridgehead atoms. The number of carbonyl (C=O) groups excluding carboxylic acids is 1. The first-order chi connectivity index (χ1) is 7.91. The average molecular weight is 250 g/mol. The van der Waals surface area contributed by atoms with E-state index in [1.165, 1.54) is 25.7 Å². The summed E-state index contributed by atoms with van der Waals surface area (Å²) in [4.78, 5) is 11.1. The molecular formula is C11H17F3N2O. The minimum Gasteiger partial charge on any atom is -0.346 e. The maximum atomic E-state index is 11.8. The van der Waals surface area contributed by atoms with Crippen LogP contribution in [0.1, 0.15) is 25.7 Å². The van der Waals surface area contributed by atoms with Crippen LogP contribution in [0.4, 0.5) is 13.2 Å². The summed E-state index contributed by atoms with van der Waals surface area (Å²) >= 11 is 0. The zero-order chi connectivity index (χ0) is 12.5. The molecule has 2 rings (SSSR count). The lowest BCUT2D eigenvalue weighted by molar-refractivity contribution is -0.137. The van der Waals surface area contributed by atoms with Crippen molar-refractivity contribution in [3.63, 3.8) is 0 Å². The maximum Gasteiger partial charge on any atom is 0.405 e. The molecular weight excluding hydrogens is 233 g/mol. The SMILES string of the molecule is O=C(CNCC1(C2CC2)CC1)NCC(F)(F)F. The van der Waals surface area contributed by atoms with Crippen LogP contribution in [0.5, 0.6) is 0 Å². The highest BCUT2D eigenvalue weighted by molar-refractivity contribution is 5.78. The van der Waals surface area contributed by atoms with E-state index in [0.29, 0.717) is 5.41 Å². The second kappa shape index (κ2) is 4.48. The van der Waals surface area contributed by atoms with Gasteiger partial charge in [-0.15, -0.1) is 0 Å². The summed E-state index contributed by atoms with van der Waals surface area (Å²) in [7, 11) is 0. The van der Waals surface area contributed by atoms with E-state index in [9.17, 15) is 18.0 Å². The van der Waals surface area contributed by atoms with Crippen LogP contribution in [0.2, 0.25) is 0 Å². The molecule has 0 aromatic carbocycles. The highest BCUT2D eigenvalue weighted by Crippen LogP contribution is 2.60. The summed E-state index contributed by atoms with van der Waals surface area (Å²) in [5.74, 6) is 0.196. The van der Waals surface area contributed by atoms with Gasteiger partial charge in [0.15, 0.2) is 0 Å². The van der Waals surface area contributed by atoms with Crippen molar-refractivity contribution in [2.75, 3.05) is 19.6 Å². The highest BCUT2D eigenvalue weighted by Gasteiger charge is 2.53. The van der Waals surface area contributed by atoms with Crippen LogP contribution in [0.15, 0.2) is 0 Å². The molecule has 0 aliphatic heterocycles. The van der Waals surface area contributed by atoms with Gasteiger partial charge in [-0.05, 0) is 37.0 Å². The summed E-state index contributed by atoms with van der Waals surface area (Å²) in [6, 6.07) is 0. The number of rotatable bonds is 6. The van der Waals surface area contributed by atoms with Gasteiger partial charge in [-0.1, -0.05) is 0 Å². The summed E-state index contributed by atoms with van der Waals surface area (Å²) in [5.41, 5.74) is 0.365. The third kappa shape index (κ3) is 3.87. The van der Waals surface area contributed by atoms with Gasteiger partial charge < -0.3 is 10.6 Å². The fraction of sp³-hybridized carbons (Fsp3) is 0.909. The first kappa shape index (κ1) is 12.7. The Balaban J connectivity index is 1.57. The monoisotopic (exact) mass is 250 g/mol. The van der Waals surface area contributed by atoms with Gasteiger partial charge in [0.05, 0.1) is 6.54 Å². The zero-order valence-electron chi connectivity index (χ0n) is 9.57. The van der Waals surface area contributed by atoms with Crippen molar-refractivity contribution in [2.24, 2.45) is 11.3 Å². The van der Waals surface area contributed by atoms with Crippen LogP contribution >= 0.6 is 0 Å². The van der Waals surface area contributed by atoms with Crippen molar-refractivity contribution in [3.05, 3.63) is 0 Å². The van der Waals surface area contributed by atoms with E-state index in [-0.39, 0.29) is 6.54 Å². The topological polar surface area (TPSA) is 41.1 Å². The number of carbonyl (C=O) groups is 1. The van der Waals surface area contributed by atoms with E-state index in [1.54, 1.807) is 0 Å². The summed E-state index contributed by atoms with van der Waals surface area (Å²) in [6.07, 6.45) is 0.578. The van der Waals surface area contributed by atoms with E-state index in [4.69, 9.17) is 0 Å². The van der Waals surface area contributed by atoms with Gasteiger partial charge in [-0.2, -0.15) is 13.2 Å². The third-order valence-corrected chi connectivity index (χ3v) is 3.58. The van der Waals surface area contributed by atoms with Gasteiger partial charge in [0.2, 0.25) is 5.91 Å². The molecule has 0 heterocycles. The fourth-order valence-corrected chi connectivity index (χ4v) is 2.27. The molecule has 0 radical (unpaired) electrons. The van der Waals surface area contributed by atoms with Crippen molar-refractivity contribution in [1.29, 1.82) is 0 Å². The Kier molecular flexibility index (Phi) is 3.34. The minimum atomic E-state index is -4.33. The molecule has 2 fully saturated rings. The van der Waals surface area contributed by atoms with Gasteiger partial charge in [-0.3, -0.25) is 4.79 Å². The molecule has 0 saturated heterocycles. The summed E-state index contributed by atoms with van der Waals surface area (Å²) in [5, 5.41) is 4.81. The van der Waals surface area contributed by atoms with Crippen LogP contribution in [-0.4, -0.2) is 31.7 Å². The van der Waals surface area contributed by atoms with Crippen molar-refractivity contribution in [3.8, 4) is 0 Å². The molecule has 0 atom stereocenters. The number of alkyl halides is 3. The largest absolute Gasteiger partial charge is 0.405 e. The van der Waals surface area contributed by atoms with E-state index < -0.39 is 18.6 Å². The lowest BCUT2D eigenvalue weighted by Crippen LogP contribution is -2.40. The minimum absolute atomic E-state index is 0.0233. The molecule has 3 nitrogen and oxygen atoms in total. The molecule has 2 aliphatic rings. The fourth-order valence-electron chi connectivity index (χ4n) is 2.27. The van der Waals surface area contributed by atoms with Gasteiger partial charge in [0.25, 0.3) is 0 Å². The first-order valence-corrected chi connectivity index (χ1v) is 5.95. The normalized spacial score (nSPS) is 22.3. The molecule has 0 unspecified atom stereocenters. The van der Waals surface area contributed by atoms with Crippen molar-refractivity contribution >= 4 is 5.91 Å². The molecule has 2 saturated carbocycles. The Labute approximate surface area is 98.1 Å². The quantitative estimate of drug-likeness (QED) is 0.749. The number of halogens is 3. The Morgan fingerprint density at radius 3 is 2.41 bits per heavy atom. The molecule has 0 aromatic heterocycles. The van der Waals surface area contributed by atoms with E-state index in [1.807, 2.05) is 5.32 Å². The predicted molar refractivity (Wildman–Crippen MR) is 56.3 cm³/mol. The number of hydrogen-bond acceptors (Lipinski definition) is 2. The van der Waals surface area contributed by atoms with Gasteiger partial charge in [0.1, 0.15) is 6.54 Å². The van der Waals surface area contributed by atoms with E-state index in [2.05, 4.69) is 5.32 Å². The molecule has 17 heavy (non-hydrogen) atoms. The molecule has 6 heteroatoms. The van der Waals surface area contributed by atoms with E-state index in [0.717, 1.165) is 12.5 Å². The van der Waals surface area contributed by atoms with Crippen LogP contribution in [0.25, 0.3) is 0 Å². The van der Waals surface area contributed by atoms with Crippen molar-refractivity contribution in [1.82, 2.24) is 10.6 Å². The highest BCUT2D eigenvalue weighted by atomic mass is 19.4. The predicted octanol–water partition coefficient (Wildman–Crippen LogP) is 1.44. The summed E-state index contributed by atoms with van der Waals surface area (Å²) < 4.78 is 35.4. The Hall–Kier alpha value is -0.780. The van der Waals surface area contributed by atoms with Crippen LogP contribution < -0.4 is 10.6 Å². The number of amides is 1. The zero-order valence-corrected chi connectivity index (χ0v) is 9.57. The second-order valence-corrected chi connectivity index (χ2v) is 5.13. The van der Waals surface area contributed by atoms with Crippen LogP contribution in [-0.2, 0) is 4.79 Å². The second-order valence-electron chi connectivity index (χ2n) is 5.13. The molecule has 0 aromatic rings. The number of nitrogens with one attached hydrogen (secondary N) is 2. The van der Waals surface area contributed by atoms with Crippen molar-refractivity contribution in [2.45, 2.75) is 31.9 Å². The standard InChI is InChI=1S/C11H17F3N2O/c12-11(13,14)7-16-9(17)5-15-6-10(3-4-10)8-1-2-8/h8,15H,1-7H2,(H,16,17). The smallest absolute Gasteiger partial charge is 0.346 e. The summed E-state index contributed by atoms with van der Waals surface area (Å²) in [6.45, 7) is -0.511. The molecule has 2 N–H and O–H groups in total. The van der Waals surface area contributed by atoms with Gasteiger partial charge in [0, 0.05) is 6.54 Å². The average Bonchev–Trinajstić information content (AvgIpc) is 3.05. The lowest BCUT2D eigenvalue weighted by atomic mass is 10.0. The molecule has 98 valence electrons. The third-order valence-electron chi connectivity index (χ3n) is 3.58.